The third-order valence-corrected chi connectivity index (χ3v) is 4.67. The summed E-state index contributed by atoms with van der Waals surface area (Å²) in [5, 5.41) is 3.73. The molecule has 2 aromatic carbocycles. The first-order chi connectivity index (χ1) is 13.6. The topological polar surface area (TPSA) is 86.1 Å². The predicted molar refractivity (Wildman–Crippen MR) is 109 cm³/mol. The van der Waals surface area contributed by atoms with Crippen LogP contribution in [0.5, 0.6) is 11.5 Å². The Morgan fingerprint density at radius 2 is 1.96 bits per heavy atom. The Hall–Kier alpha value is -2.64. The van der Waals surface area contributed by atoms with Crippen LogP contribution in [-0.4, -0.2) is 45.9 Å². The van der Waals surface area contributed by atoms with Crippen molar-refractivity contribution < 1.29 is 19.0 Å². The van der Waals surface area contributed by atoms with Gasteiger partial charge in [-0.15, -0.1) is 0 Å². The fourth-order valence-corrected chi connectivity index (χ4v) is 3.26. The molecular weight excluding hydrogens is 382 g/mol. The van der Waals surface area contributed by atoms with Crippen molar-refractivity contribution in [3.8, 4) is 11.5 Å². The average Bonchev–Trinajstić information content (AvgIpc) is 2.72. The van der Waals surface area contributed by atoms with E-state index >= 15 is 0 Å². The Labute approximate surface area is 169 Å². The van der Waals surface area contributed by atoms with Crippen LogP contribution in [0.1, 0.15) is 5.56 Å². The fourth-order valence-electron chi connectivity index (χ4n) is 2.97. The smallest absolute Gasteiger partial charge is 0.255 e. The Morgan fingerprint density at radius 3 is 2.61 bits per heavy atom. The first-order valence-electron chi connectivity index (χ1n) is 9.01. The largest absolute Gasteiger partial charge is 0.493 e. The van der Waals surface area contributed by atoms with Gasteiger partial charge in [-0.1, -0.05) is 11.6 Å². The Bertz CT molecular complexity index is 808. The number of carbonyl (C=O) groups is 1. The van der Waals surface area contributed by atoms with Crippen molar-refractivity contribution in [2.24, 2.45) is 5.73 Å². The highest BCUT2D eigenvalue weighted by atomic mass is 35.5. The molecule has 0 spiro atoms. The van der Waals surface area contributed by atoms with Gasteiger partial charge in [0.1, 0.15) is 0 Å². The molecule has 1 fully saturated rings. The van der Waals surface area contributed by atoms with Gasteiger partial charge in [-0.2, -0.15) is 0 Å². The number of benzene rings is 2. The number of rotatable bonds is 8. The van der Waals surface area contributed by atoms with Crippen LogP contribution in [0.15, 0.2) is 36.4 Å². The second-order valence-electron chi connectivity index (χ2n) is 6.36. The van der Waals surface area contributed by atoms with E-state index in [1.54, 1.807) is 6.07 Å². The monoisotopic (exact) mass is 405 g/mol. The summed E-state index contributed by atoms with van der Waals surface area (Å²) in [4.78, 5) is 13.2. The van der Waals surface area contributed by atoms with Crippen LogP contribution in [-0.2, 0) is 16.1 Å². The third kappa shape index (κ3) is 5.21. The summed E-state index contributed by atoms with van der Waals surface area (Å²) >= 11 is 6.28. The van der Waals surface area contributed by atoms with Crippen LogP contribution >= 0.6 is 11.6 Å². The van der Waals surface area contributed by atoms with Gasteiger partial charge in [0.25, 0.3) is 5.91 Å². The number of nitrogens with two attached hydrogens (primary N) is 1. The molecule has 0 bridgehead atoms. The summed E-state index contributed by atoms with van der Waals surface area (Å²) in [7, 11) is 1.52. The zero-order chi connectivity index (χ0) is 19.9. The number of methoxy groups -OCH3 is 1. The molecule has 1 aliphatic rings. The van der Waals surface area contributed by atoms with Gasteiger partial charge in [0.05, 0.1) is 25.3 Å². The molecule has 28 heavy (non-hydrogen) atoms. The van der Waals surface area contributed by atoms with Gasteiger partial charge in [-0.05, 0) is 42.0 Å². The van der Waals surface area contributed by atoms with E-state index in [0.29, 0.717) is 23.1 Å². The van der Waals surface area contributed by atoms with Gasteiger partial charge in [0.15, 0.2) is 18.1 Å². The number of morpholine rings is 1. The molecule has 1 saturated heterocycles. The zero-order valence-electron chi connectivity index (χ0n) is 15.7. The first-order valence-corrected chi connectivity index (χ1v) is 9.39. The molecule has 0 aliphatic carbocycles. The van der Waals surface area contributed by atoms with Crippen molar-refractivity contribution in [1.29, 1.82) is 0 Å². The number of amides is 1. The number of ether oxygens (including phenoxy) is 3. The van der Waals surface area contributed by atoms with E-state index in [9.17, 15) is 4.79 Å². The summed E-state index contributed by atoms with van der Waals surface area (Å²) < 4.78 is 16.1. The van der Waals surface area contributed by atoms with Crippen LogP contribution in [0, 0.1) is 0 Å². The van der Waals surface area contributed by atoms with Crippen molar-refractivity contribution in [3.63, 3.8) is 0 Å². The van der Waals surface area contributed by atoms with E-state index in [1.165, 1.54) is 12.8 Å². The normalized spacial score (nSPS) is 13.9. The molecule has 0 unspecified atom stereocenters. The summed E-state index contributed by atoms with van der Waals surface area (Å²) in [5.74, 6) is 0.180. The minimum Gasteiger partial charge on any atom is -0.493 e. The molecule has 8 heteroatoms. The molecule has 2 aromatic rings. The van der Waals surface area contributed by atoms with E-state index in [1.807, 2.05) is 18.2 Å². The van der Waals surface area contributed by atoms with Crippen molar-refractivity contribution in [2.45, 2.75) is 6.54 Å². The van der Waals surface area contributed by atoms with Crippen LogP contribution in [0.25, 0.3) is 0 Å². The highest BCUT2D eigenvalue weighted by Crippen LogP contribution is 2.36. The molecule has 7 nitrogen and oxygen atoms in total. The van der Waals surface area contributed by atoms with E-state index in [2.05, 4.69) is 22.3 Å². The lowest BCUT2D eigenvalue weighted by Gasteiger charge is -2.29. The maximum atomic E-state index is 10.9. The lowest BCUT2D eigenvalue weighted by molar-refractivity contribution is -0.119. The Kier molecular flexibility index (Phi) is 6.84. The molecule has 3 N–H and O–H groups in total. The van der Waals surface area contributed by atoms with Gasteiger partial charge in [0.2, 0.25) is 0 Å². The highest BCUT2D eigenvalue weighted by Gasteiger charge is 2.14. The molecule has 1 heterocycles. The lowest BCUT2D eigenvalue weighted by Crippen LogP contribution is -2.36. The molecular formula is C20H24ClN3O4. The zero-order valence-corrected chi connectivity index (χ0v) is 16.5. The van der Waals surface area contributed by atoms with Crippen LogP contribution in [0.4, 0.5) is 11.4 Å². The number of primary amides is 1. The van der Waals surface area contributed by atoms with Crippen LogP contribution in [0.3, 0.4) is 0 Å². The van der Waals surface area contributed by atoms with Gasteiger partial charge >= 0.3 is 0 Å². The fraction of sp³-hybridized carbons (Fsp3) is 0.350. The maximum absolute atomic E-state index is 10.9. The minimum absolute atomic E-state index is 0.261. The van der Waals surface area contributed by atoms with Gasteiger partial charge in [-0.25, -0.2) is 0 Å². The summed E-state index contributed by atoms with van der Waals surface area (Å²) in [6.07, 6.45) is 0. The second-order valence-corrected chi connectivity index (χ2v) is 6.77. The number of nitrogens with one attached hydrogen (secondary N) is 1. The minimum atomic E-state index is -0.579. The number of hydrogen-bond donors (Lipinski definition) is 2. The number of anilines is 2. The van der Waals surface area contributed by atoms with E-state index in [-0.39, 0.29) is 6.61 Å². The molecule has 1 amide bonds. The number of carbonyl (C=O) groups excluding carboxylic acids is 1. The standard InChI is InChI=1S/C20H24ClN3O4/c1-26-18-11-14(10-17(21)20(18)28-13-19(22)25)12-23-15-2-4-16(5-3-15)24-6-8-27-9-7-24/h2-5,10-11,23H,6-9,12-13H2,1H3,(H2,22,25). The van der Waals surface area contributed by atoms with Crippen LogP contribution in [0.2, 0.25) is 5.02 Å². The highest BCUT2D eigenvalue weighted by molar-refractivity contribution is 6.32. The molecule has 150 valence electrons. The maximum Gasteiger partial charge on any atom is 0.255 e. The molecule has 3 rings (SSSR count). The predicted octanol–water partition coefficient (Wildman–Crippen LogP) is 2.66. The van der Waals surface area contributed by atoms with Crippen molar-refractivity contribution in [1.82, 2.24) is 0 Å². The SMILES string of the molecule is COc1cc(CNc2ccc(N3CCOCC3)cc2)cc(Cl)c1OCC(N)=O. The molecule has 1 aliphatic heterocycles. The van der Waals surface area contributed by atoms with E-state index < -0.39 is 5.91 Å². The quantitative estimate of drug-likeness (QED) is 0.702. The molecule has 0 saturated carbocycles. The molecule has 0 aromatic heterocycles. The Morgan fingerprint density at radius 1 is 1.25 bits per heavy atom. The lowest BCUT2D eigenvalue weighted by atomic mass is 10.2. The third-order valence-electron chi connectivity index (χ3n) is 4.39. The van der Waals surface area contributed by atoms with Gasteiger partial charge in [-0.3, -0.25) is 4.79 Å². The second kappa shape index (κ2) is 9.52. The van der Waals surface area contributed by atoms with Crippen molar-refractivity contribution in [3.05, 3.63) is 47.0 Å². The van der Waals surface area contributed by atoms with E-state index in [0.717, 1.165) is 37.6 Å². The summed E-state index contributed by atoms with van der Waals surface area (Å²) in [6, 6.07) is 11.9. The molecule has 0 atom stereocenters. The summed E-state index contributed by atoms with van der Waals surface area (Å²) in [5.41, 5.74) is 8.23. The average molecular weight is 406 g/mol. The number of nitrogens with zero attached hydrogens (tertiary/aromatic N) is 1. The van der Waals surface area contributed by atoms with Crippen molar-refractivity contribution >= 4 is 28.9 Å². The molecule has 0 radical (unpaired) electrons. The van der Waals surface area contributed by atoms with Crippen LogP contribution < -0.4 is 25.4 Å². The van der Waals surface area contributed by atoms with Gasteiger partial charge < -0.3 is 30.2 Å². The number of hydrogen-bond acceptors (Lipinski definition) is 6. The first kappa shape index (κ1) is 20.1. The van der Waals surface area contributed by atoms with Crippen molar-refractivity contribution in [2.75, 3.05) is 50.2 Å². The summed E-state index contributed by atoms with van der Waals surface area (Å²) in [6.45, 7) is 3.65. The van der Waals surface area contributed by atoms with E-state index in [4.69, 9.17) is 31.5 Å². The Balaban J connectivity index is 1.63. The number of halogens is 1. The van der Waals surface area contributed by atoms with Gasteiger partial charge in [0, 0.05) is 31.0 Å².